The SMILES string of the molecule is CC1=NN(c2ccc(S(=O)(=O)[O-])cc2)C(=O)/C1=C\C=C\c1c(C)[nH]n(-c2ccc(S(=O)(=O)[O-])cc2)c1=O.[K+].[K+]. The molecular weight excluding hydrogens is 603 g/mol. The summed E-state index contributed by atoms with van der Waals surface area (Å²) < 4.78 is 67.9. The largest absolute Gasteiger partial charge is 1.00 e. The fourth-order valence-corrected chi connectivity index (χ4v) is 4.52. The van der Waals surface area contributed by atoms with Crippen LogP contribution in [-0.2, 0) is 25.0 Å². The Morgan fingerprint density at radius 1 is 0.821 bits per heavy atom. The monoisotopic (exact) mass is 620 g/mol. The van der Waals surface area contributed by atoms with Crippen molar-refractivity contribution in [3.8, 4) is 5.69 Å². The molecule has 0 saturated heterocycles. The van der Waals surface area contributed by atoms with Crippen LogP contribution in [-0.4, -0.2) is 47.3 Å². The number of nitrogens with zero attached hydrogens (tertiary/aromatic N) is 3. The van der Waals surface area contributed by atoms with Gasteiger partial charge in [-0.3, -0.25) is 14.7 Å². The van der Waals surface area contributed by atoms with E-state index in [0.717, 1.165) is 29.3 Å². The number of carbonyl (C=O) groups excluding carboxylic acids is 1. The molecule has 16 heteroatoms. The predicted octanol–water partition coefficient (Wildman–Crippen LogP) is -4.35. The Morgan fingerprint density at radius 3 is 1.79 bits per heavy atom. The van der Waals surface area contributed by atoms with E-state index in [-0.39, 0.29) is 120 Å². The van der Waals surface area contributed by atoms with Gasteiger partial charge in [-0.1, -0.05) is 6.08 Å². The second-order valence-electron chi connectivity index (χ2n) is 7.93. The van der Waals surface area contributed by atoms with Crippen molar-refractivity contribution in [1.82, 2.24) is 9.78 Å². The molecule has 1 aromatic heterocycles. The van der Waals surface area contributed by atoms with Gasteiger partial charge in [-0.25, -0.2) is 21.5 Å². The summed E-state index contributed by atoms with van der Waals surface area (Å²) >= 11 is 0. The summed E-state index contributed by atoms with van der Waals surface area (Å²) in [5.41, 5.74) is 1.54. The van der Waals surface area contributed by atoms with Crippen LogP contribution in [0.3, 0.4) is 0 Å². The Kier molecular flexibility index (Phi) is 11.8. The standard InChI is InChI=1S/C23H20N4O8S2.2K/c1-14-20(22(28)26(24-14)16-6-10-18(11-7-16)36(30,31)32)4-3-5-21-15(2)25-27(23(21)29)17-8-12-19(13-9-17)37(33,34)35;;/h3-13,24H,1-2H3,(H,30,31,32)(H,33,34,35);;/q;2*+1/p-2/b4-3+,21-5-;;. The fourth-order valence-electron chi connectivity index (χ4n) is 3.58. The minimum absolute atomic E-state index is 0. The van der Waals surface area contributed by atoms with E-state index in [2.05, 4.69) is 10.2 Å². The Hall–Kier alpha value is -0.837. The zero-order valence-electron chi connectivity index (χ0n) is 21.3. The number of carbonyl (C=O) groups is 1. The van der Waals surface area contributed by atoms with E-state index in [1.807, 2.05) is 0 Å². The number of hydrogen-bond acceptors (Lipinski definition) is 9. The van der Waals surface area contributed by atoms with Crippen molar-refractivity contribution in [2.45, 2.75) is 23.6 Å². The number of aromatic nitrogens is 2. The number of aryl methyl sites for hydroxylation is 1. The molecule has 12 nitrogen and oxygen atoms in total. The quantitative estimate of drug-likeness (QED) is 0.163. The number of aromatic amines is 1. The van der Waals surface area contributed by atoms with E-state index in [4.69, 9.17) is 0 Å². The summed E-state index contributed by atoms with van der Waals surface area (Å²) in [4.78, 5) is 24.9. The van der Waals surface area contributed by atoms with Gasteiger partial charge in [0.05, 0.1) is 38.0 Å². The summed E-state index contributed by atoms with van der Waals surface area (Å²) in [6.45, 7) is 3.26. The molecule has 0 radical (unpaired) electrons. The van der Waals surface area contributed by atoms with E-state index in [0.29, 0.717) is 17.1 Å². The topological polar surface area (TPSA) is 185 Å². The summed E-state index contributed by atoms with van der Waals surface area (Å²) in [7, 11) is -9.24. The van der Waals surface area contributed by atoms with Crippen LogP contribution in [0.1, 0.15) is 18.2 Å². The molecule has 192 valence electrons. The molecule has 0 saturated carbocycles. The molecule has 4 rings (SSSR count). The number of nitrogens with one attached hydrogen (secondary N) is 1. The van der Waals surface area contributed by atoms with Gasteiger partial charge < -0.3 is 9.11 Å². The van der Waals surface area contributed by atoms with Gasteiger partial charge in [0.1, 0.15) is 20.2 Å². The van der Waals surface area contributed by atoms with Gasteiger partial charge in [0.2, 0.25) is 0 Å². The van der Waals surface area contributed by atoms with Crippen molar-refractivity contribution in [3.05, 3.63) is 87.9 Å². The van der Waals surface area contributed by atoms with Crippen LogP contribution in [0.2, 0.25) is 0 Å². The first-order valence-corrected chi connectivity index (χ1v) is 13.3. The first-order valence-electron chi connectivity index (χ1n) is 10.5. The normalized spacial score (nSPS) is 14.9. The second-order valence-corrected chi connectivity index (χ2v) is 10.7. The molecule has 1 N–H and O–H groups in total. The van der Waals surface area contributed by atoms with Crippen molar-refractivity contribution in [2.24, 2.45) is 5.10 Å². The van der Waals surface area contributed by atoms with Crippen LogP contribution < -0.4 is 113 Å². The van der Waals surface area contributed by atoms with Crippen molar-refractivity contribution < 1.29 is 134 Å². The minimum atomic E-state index is -4.62. The Labute approximate surface area is 309 Å². The molecule has 39 heavy (non-hydrogen) atoms. The van der Waals surface area contributed by atoms with Crippen LogP contribution in [0.4, 0.5) is 5.69 Å². The molecule has 0 aliphatic carbocycles. The number of hydrogen-bond donors (Lipinski definition) is 1. The van der Waals surface area contributed by atoms with Gasteiger partial charge in [-0.2, -0.15) is 10.1 Å². The molecule has 1 aliphatic heterocycles. The van der Waals surface area contributed by atoms with Crippen LogP contribution in [0.5, 0.6) is 0 Å². The van der Waals surface area contributed by atoms with E-state index < -0.39 is 41.5 Å². The molecule has 1 amide bonds. The molecule has 0 unspecified atom stereocenters. The number of allylic oxidation sites excluding steroid dienone is 2. The number of amides is 1. The van der Waals surface area contributed by atoms with Crippen LogP contribution in [0.25, 0.3) is 11.8 Å². The third kappa shape index (κ3) is 7.72. The Bertz CT molecular complexity index is 1770. The molecular formula is C23H18K2N4O8S2. The average Bonchev–Trinajstić information content (AvgIpc) is 3.28. The Balaban J connectivity index is 0.00000267. The third-order valence-electron chi connectivity index (χ3n) is 5.46. The summed E-state index contributed by atoms with van der Waals surface area (Å²) in [6, 6.07) is 9.62. The van der Waals surface area contributed by atoms with E-state index in [1.54, 1.807) is 13.8 Å². The van der Waals surface area contributed by atoms with Crippen LogP contribution in [0.15, 0.2) is 85.9 Å². The molecule has 3 aromatic rings. The van der Waals surface area contributed by atoms with E-state index >= 15 is 0 Å². The zero-order valence-corrected chi connectivity index (χ0v) is 29.2. The molecule has 0 spiro atoms. The minimum Gasteiger partial charge on any atom is -0.744 e. The number of rotatable bonds is 6. The second kappa shape index (κ2) is 13.4. The van der Waals surface area contributed by atoms with Gasteiger partial charge in [-0.05, 0) is 74.5 Å². The van der Waals surface area contributed by atoms with Crippen molar-refractivity contribution >= 4 is 43.6 Å². The third-order valence-corrected chi connectivity index (χ3v) is 7.16. The molecule has 0 fully saturated rings. The van der Waals surface area contributed by atoms with Gasteiger partial charge >= 0.3 is 103 Å². The van der Waals surface area contributed by atoms with Crippen molar-refractivity contribution in [3.63, 3.8) is 0 Å². The molecule has 2 heterocycles. The zero-order chi connectivity index (χ0) is 27.1. The van der Waals surface area contributed by atoms with Crippen LogP contribution >= 0.6 is 0 Å². The van der Waals surface area contributed by atoms with Gasteiger partial charge in [0.15, 0.2) is 0 Å². The maximum Gasteiger partial charge on any atom is 1.00 e. The first kappa shape index (κ1) is 34.4. The number of benzene rings is 2. The van der Waals surface area contributed by atoms with E-state index in [1.165, 1.54) is 47.2 Å². The van der Waals surface area contributed by atoms with Crippen molar-refractivity contribution in [1.29, 1.82) is 0 Å². The number of H-pyrrole nitrogens is 1. The molecule has 1 aliphatic rings. The van der Waals surface area contributed by atoms with Crippen LogP contribution in [0, 0.1) is 6.92 Å². The molecule has 2 aromatic carbocycles. The molecule has 0 bridgehead atoms. The van der Waals surface area contributed by atoms with Crippen molar-refractivity contribution in [2.75, 3.05) is 5.01 Å². The maximum atomic E-state index is 12.9. The predicted molar refractivity (Wildman–Crippen MR) is 131 cm³/mol. The summed E-state index contributed by atoms with van der Waals surface area (Å²) in [5, 5.41) is 8.11. The maximum absolute atomic E-state index is 12.9. The van der Waals surface area contributed by atoms with Gasteiger partial charge in [0.25, 0.3) is 11.5 Å². The smallest absolute Gasteiger partial charge is 0.744 e. The Morgan fingerprint density at radius 2 is 1.31 bits per heavy atom. The summed E-state index contributed by atoms with van der Waals surface area (Å²) in [6.07, 6.45) is 4.46. The number of anilines is 1. The molecule has 0 atom stereocenters. The average molecular weight is 621 g/mol. The van der Waals surface area contributed by atoms with E-state index in [9.17, 15) is 35.5 Å². The van der Waals surface area contributed by atoms with Gasteiger partial charge in [-0.15, -0.1) is 0 Å². The fraction of sp³-hybridized carbons (Fsp3) is 0.0870. The number of hydrazone groups is 1. The summed E-state index contributed by atoms with van der Waals surface area (Å²) in [5.74, 6) is -0.489. The first-order chi connectivity index (χ1) is 17.3. The van der Waals surface area contributed by atoms with Gasteiger partial charge in [0, 0.05) is 5.69 Å².